The van der Waals surface area contributed by atoms with Gasteiger partial charge in [0, 0.05) is 12.8 Å². The zero-order valence-electron chi connectivity index (χ0n) is 12.1. The van der Waals surface area contributed by atoms with Crippen LogP contribution >= 0.6 is 0 Å². The summed E-state index contributed by atoms with van der Waals surface area (Å²) < 4.78 is 10.2. The van der Waals surface area contributed by atoms with E-state index in [1.165, 1.54) is 6.26 Å². The lowest BCUT2D eigenvalue weighted by molar-refractivity contribution is -0.142. The zero-order chi connectivity index (χ0) is 15.9. The average molecular weight is 307 g/mol. The first-order valence-corrected chi connectivity index (χ1v) is 6.98. The number of aliphatic carboxylic acids is 1. The van der Waals surface area contributed by atoms with E-state index in [9.17, 15) is 9.59 Å². The van der Waals surface area contributed by atoms with Crippen molar-refractivity contribution in [3.8, 4) is 11.6 Å². The monoisotopic (exact) mass is 307 g/mol. The molecule has 22 heavy (non-hydrogen) atoms. The first-order chi connectivity index (χ1) is 10.6. The molecule has 0 saturated carbocycles. The highest BCUT2D eigenvalue weighted by molar-refractivity contribution is 5.83. The van der Waals surface area contributed by atoms with Crippen LogP contribution in [0.2, 0.25) is 0 Å². The first-order valence-electron chi connectivity index (χ1n) is 6.98. The Balaban J connectivity index is 1.85. The molecule has 2 heterocycles. The highest BCUT2D eigenvalue weighted by atomic mass is 16.5. The van der Waals surface area contributed by atoms with Gasteiger partial charge in [-0.3, -0.25) is 4.79 Å². The van der Waals surface area contributed by atoms with Gasteiger partial charge in [0.15, 0.2) is 5.76 Å². The van der Waals surface area contributed by atoms with E-state index in [1.54, 1.807) is 12.1 Å². The third-order valence-corrected chi connectivity index (χ3v) is 2.99. The number of amides is 1. The maximum Gasteiger partial charge on any atom is 0.326 e. The normalized spacial score (nSPS) is 12.0. The number of carbonyl (C=O) groups is 2. The largest absolute Gasteiger partial charge is 0.480 e. The van der Waals surface area contributed by atoms with Crippen LogP contribution in [0.3, 0.4) is 0 Å². The van der Waals surface area contributed by atoms with Crippen LogP contribution in [0, 0.1) is 0 Å². The molecule has 2 rings (SSSR count). The van der Waals surface area contributed by atoms with Gasteiger partial charge in [-0.05, 0) is 18.6 Å². The molecule has 0 aromatic carbocycles. The Hall–Kier alpha value is -2.64. The molecule has 8 heteroatoms. The van der Waals surface area contributed by atoms with Crippen molar-refractivity contribution in [2.75, 3.05) is 0 Å². The molecule has 0 aliphatic heterocycles. The molecule has 1 atom stereocenters. The van der Waals surface area contributed by atoms with Crippen LogP contribution in [0.1, 0.15) is 32.1 Å². The molecule has 8 nitrogen and oxygen atoms in total. The van der Waals surface area contributed by atoms with Gasteiger partial charge in [0.25, 0.3) is 0 Å². The maximum absolute atomic E-state index is 11.8. The highest BCUT2D eigenvalue weighted by Gasteiger charge is 2.19. The molecule has 118 valence electrons. The molecule has 2 N–H and O–H groups in total. The van der Waals surface area contributed by atoms with Crippen molar-refractivity contribution >= 4 is 11.9 Å². The van der Waals surface area contributed by atoms with Crippen molar-refractivity contribution in [3.05, 3.63) is 24.3 Å². The van der Waals surface area contributed by atoms with E-state index in [-0.39, 0.29) is 18.7 Å². The Morgan fingerprint density at radius 1 is 1.45 bits per heavy atom. The summed E-state index contributed by atoms with van der Waals surface area (Å²) in [4.78, 5) is 26.8. The van der Waals surface area contributed by atoms with Crippen molar-refractivity contribution in [3.63, 3.8) is 0 Å². The minimum Gasteiger partial charge on any atom is -0.480 e. The van der Waals surface area contributed by atoms with E-state index in [0.717, 1.165) is 0 Å². The number of furan rings is 1. The number of rotatable bonds is 8. The predicted octanol–water partition coefficient (Wildman–Crippen LogP) is 1.63. The molecule has 0 aliphatic carbocycles. The van der Waals surface area contributed by atoms with E-state index < -0.39 is 12.0 Å². The van der Waals surface area contributed by atoms with Crippen molar-refractivity contribution in [2.45, 2.75) is 38.6 Å². The number of hydrogen-bond acceptors (Lipinski definition) is 6. The lowest BCUT2D eigenvalue weighted by atomic mass is 10.1. The second-order valence-electron chi connectivity index (χ2n) is 4.74. The topological polar surface area (TPSA) is 118 Å². The molecular weight excluding hydrogens is 290 g/mol. The second-order valence-corrected chi connectivity index (χ2v) is 4.74. The van der Waals surface area contributed by atoms with Crippen molar-refractivity contribution < 1.29 is 23.6 Å². The highest BCUT2D eigenvalue weighted by Crippen LogP contribution is 2.16. The maximum atomic E-state index is 11.8. The van der Waals surface area contributed by atoms with Gasteiger partial charge in [-0.25, -0.2) is 4.79 Å². The third-order valence-electron chi connectivity index (χ3n) is 2.99. The fraction of sp³-hybridized carbons (Fsp3) is 0.429. The van der Waals surface area contributed by atoms with E-state index in [0.29, 0.717) is 30.3 Å². The fourth-order valence-electron chi connectivity index (χ4n) is 1.90. The Bertz CT molecular complexity index is 620. The molecule has 1 unspecified atom stereocenters. The van der Waals surface area contributed by atoms with Gasteiger partial charge in [0.05, 0.1) is 6.26 Å². The summed E-state index contributed by atoms with van der Waals surface area (Å²) in [6.07, 6.45) is 2.88. The van der Waals surface area contributed by atoms with Gasteiger partial charge in [-0.15, -0.1) is 0 Å². The second kappa shape index (κ2) is 7.39. The number of nitrogens with zero attached hydrogens (tertiary/aromatic N) is 2. The van der Waals surface area contributed by atoms with Gasteiger partial charge in [-0.1, -0.05) is 18.5 Å². The number of carbonyl (C=O) groups excluding carboxylic acids is 1. The Labute approximate surface area is 126 Å². The molecule has 2 aromatic rings. The Morgan fingerprint density at radius 3 is 2.91 bits per heavy atom. The van der Waals surface area contributed by atoms with Crippen molar-refractivity contribution in [2.24, 2.45) is 0 Å². The van der Waals surface area contributed by atoms with Gasteiger partial charge in [0.2, 0.25) is 17.6 Å². The summed E-state index contributed by atoms with van der Waals surface area (Å²) in [5.41, 5.74) is 0. The lowest BCUT2D eigenvalue weighted by Gasteiger charge is -2.12. The van der Waals surface area contributed by atoms with Crippen LogP contribution in [-0.4, -0.2) is 33.2 Å². The van der Waals surface area contributed by atoms with Crippen LogP contribution in [0.25, 0.3) is 11.6 Å². The molecular formula is C14H17N3O5. The van der Waals surface area contributed by atoms with Gasteiger partial charge >= 0.3 is 5.97 Å². The van der Waals surface area contributed by atoms with E-state index in [1.807, 2.05) is 6.92 Å². The molecule has 1 amide bonds. The molecule has 0 spiro atoms. The van der Waals surface area contributed by atoms with E-state index >= 15 is 0 Å². The molecule has 0 saturated heterocycles. The summed E-state index contributed by atoms with van der Waals surface area (Å²) in [5, 5.41) is 15.2. The van der Waals surface area contributed by atoms with Gasteiger partial charge < -0.3 is 19.4 Å². The van der Waals surface area contributed by atoms with Crippen molar-refractivity contribution in [1.82, 2.24) is 15.5 Å². The minimum absolute atomic E-state index is 0.0767. The first kappa shape index (κ1) is 15.7. The van der Waals surface area contributed by atoms with Crippen LogP contribution in [0.15, 0.2) is 27.3 Å². The minimum atomic E-state index is -1.03. The predicted molar refractivity (Wildman–Crippen MR) is 74.8 cm³/mol. The molecule has 0 fully saturated rings. The quantitative estimate of drug-likeness (QED) is 0.760. The summed E-state index contributed by atoms with van der Waals surface area (Å²) in [7, 11) is 0. The smallest absolute Gasteiger partial charge is 0.326 e. The Kier molecular flexibility index (Phi) is 5.29. The standard InChI is InChI=1S/C14H17N3O5/c1-2-4-9(14(19)20)15-11(18)6-7-12-16-13(17-22-12)10-5-3-8-21-10/h3,5,8-9H,2,4,6-7H2,1H3,(H,15,18)(H,19,20). The van der Waals surface area contributed by atoms with Crippen LogP contribution in [0.4, 0.5) is 0 Å². The molecule has 0 radical (unpaired) electrons. The van der Waals surface area contributed by atoms with Crippen LogP contribution in [-0.2, 0) is 16.0 Å². The molecule has 0 bridgehead atoms. The number of aryl methyl sites for hydroxylation is 1. The molecule has 0 aliphatic rings. The summed E-state index contributed by atoms with van der Waals surface area (Å²) in [5.74, 6) is -0.307. The number of carboxylic acid groups (broad SMARTS) is 1. The lowest BCUT2D eigenvalue weighted by Crippen LogP contribution is -2.40. The zero-order valence-corrected chi connectivity index (χ0v) is 12.1. The number of carboxylic acids is 1. The molecule has 2 aromatic heterocycles. The summed E-state index contributed by atoms with van der Waals surface area (Å²) in [6, 6.07) is 2.54. The number of aromatic nitrogens is 2. The SMILES string of the molecule is CCCC(NC(=O)CCc1nc(-c2ccco2)no1)C(=O)O. The third kappa shape index (κ3) is 4.18. The fourth-order valence-corrected chi connectivity index (χ4v) is 1.90. The van der Waals surface area contributed by atoms with E-state index in [2.05, 4.69) is 15.5 Å². The van der Waals surface area contributed by atoms with Crippen molar-refractivity contribution in [1.29, 1.82) is 0 Å². The number of hydrogen-bond donors (Lipinski definition) is 2. The summed E-state index contributed by atoms with van der Waals surface area (Å²) >= 11 is 0. The number of nitrogens with one attached hydrogen (secondary N) is 1. The van der Waals surface area contributed by atoms with E-state index in [4.69, 9.17) is 14.0 Å². The van der Waals surface area contributed by atoms with Gasteiger partial charge in [0.1, 0.15) is 6.04 Å². The van der Waals surface area contributed by atoms with Crippen LogP contribution < -0.4 is 5.32 Å². The average Bonchev–Trinajstić information content (AvgIpc) is 3.15. The summed E-state index contributed by atoms with van der Waals surface area (Å²) in [6.45, 7) is 1.86. The Morgan fingerprint density at radius 2 is 2.27 bits per heavy atom. The van der Waals surface area contributed by atoms with Gasteiger partial charge in [-0.2, -0.15) is 4.98 Å². The van der Waals surface area contributed by atoms with Crippen LogP contribution in [0.5, 0.6) is 0 Å².